The van der Waals surface area contributed by atoms with Crippen LogP contribution in [0.4, 0.5) is 11.4 Å². The van der Waals surface area contributed by atoms with Gasteiger partial charge in [0.15, 0.2) is 0 Å². The number of carbonyl (C=O) groups is 1. The summed E-state index contributed by atoms with van der Waals surface area (Å²) in [7, 11) is 0. The van der Waals surface area contributed by atoms with E-state index in [-0.39, 0.29) is 11.3 Å². The van der Waals surface area contributed by atoms with Crippen LogP contribution in [0, 0.1) is 10.1 Å². The second kappa shape index (κ2) is 4.61. The van der Waals surface area contributed by atoms with Crippen molar-refractivity contribution in [2.45, 2.75) is 12.5 Å². The molecule has 18 heavy (non-hydrogen) atoms. The standard InChI is InChI=1S/C11H12N2O5/c14-8-3-4-12(6-8)9-2-1-7(11(15)16)5-10(9)13(17)18/h1-2,5,8,14H,3-4,6H2,(H,15,16)/t8-/m0/s1. The molecule has 0 unspecified atom stereocenters. The lowest BCUT2D eigenvalue weighted by Crippen LogP contribution is -2.22. The van der Waals surface area contributed by atoms with Crippen molar-refractivity contribution in [1.82, 2.24) is 0 Å². The number of aliphatic hydroxyl groups is 1. The molecule has 7 heteroatoms. The Morgan fingerprint density at radius 1 is 1.50 bits per heavy atom. The lowest BCUT2D eigenvalue weighted by molar-refractivity contribution is -0.384. The quantitative estimate of drug-likeness (QED) is 0.610. The van der Waals surface area contributed by atoms with Gasteiger partial charge in [-0.1, -0.05) is 0 Å². The van der Waals surface area contributed by atoms with Gasteiger partial charge in [0.25, 0.3) is 5.69 Å². The zero-order valence-corrected chi connectivity index (χ0v) is 9.44. The first-order valence-corrected chi connectivity index (χ1v) is 5.44. The molecule has 0 amide bonds. The van der Waals surface area contributed by atoms with E-state index in [1.54, 1.807) is 4.90 Å². The highest BCUT2D eigenvalue weighted by Crippen LogP contribution is 2.31. The fraction of sp³-hybridized carbons (Fsp3) is 0.364. The van der Waals surface area contributed by atoms with Crippen molar-refractivity contribution >= 4 is 17.3 Å². The molecule has 1 aromatic carbocycles. The number of rotatable bonds is 3. The first-order chi connectivity index (χ1) is 8.49. The number of aliphatic hydroxyl groups excluding tert-OH is 1. The van der Waals surface area contributed by atoms with Gasteiger partial charge in [0, 0.05) is 19.2 Å². The first-order valence-electron chi connectivity index (χ1n) is 5.44. The third-order valence-corrected chi connectivity index (χ3v) is 2.92. The third kappa shape index (κ3) is 2.25. The molecule has 1 heterocycles. The number of nitro groups is 1. The molecule has 0 bridgehead atoms. The van der Waals surface area contributed by atoms with Gasteiger partial charge in [-0.25, -0.2) is 4.79 Å². The summed E-state index contributed by atoms with van der Waals surface area (Å²) in [6, 6.07) is 3.79. The summed E-state index contributed by atoms with van der Waals surface area (Å²) >= 11 is 0. The van der Waals surface area contributed by atoms with Crippen LogP contribution < -0.4 is 4.90 Å². The van der Waals surface area contributed by atoms with Crippen LogP contribution in [0.25, 0.3) is 0 Å². The van der Waals surface area contributed by atoms with Crippen LogP contribution in [0.5, 0.6) is 0 Å². The van der Waals surface area contributed by atoms with Crippen molar-refractivity contribution in [3.63, 3.8) is 0 Å². The maximum absolute atomic E-state index is 11.0. The van der Waals surface area contributed by atoms with Crippen molar-refractivity contribution in [2.75, 3.05) is 18.0 Å². The van der Waals surface area contributed by atoms with E-state index in [1.165, 1.54) is 12.1 Å². The molecule has 7 nitrogen and oxygen atoms in total. The minimum Gasteiger partial charge on any atom is -0.478 e. The molecule has 1 aliphatic rings. The minimum absolute atomic E-state index is 0.120. The molecule has 2 rings (SSSR count). The molecule has 96 valence electrons. The highest BCUT2D eigenvalue weighted by atomic mass is 16.6. The predicted molar refractivity (Wildman–Crippen MR) is 62.9 cm³/mol. The number of anilines is 1. The molecule has 1 atom stereocenters. The van der Waals surface area contributed by atoms with Crippen molar-refractivity contribution < 1.29 is 19.9 Å². The summed E-state index contributed by atoms with van der Waals surface area (Å²) in [6.45, 7) is 0.849. The van der Waals surface area contributed by atoms with Crippen LogP contribution in [0.3, 0.4) is 0 Å². The highest BCUT2D eigenvalue weighted by Gasteiger charge is 2.27. The fourth-order valence-electron chi connectivity index (χ4n) is 2.03. The number of nitro benzene ring substituents is 1. The highest BCUT2D eigenvalue weighted by molar-refractivity contribution is 5.89. The van der Waals surface area contributed by atoms with E-state index in [0.717, 1.165) is 6.07 Å². The van der Waals surface area contributed by atoms with Crippen molar-refractivity contribution in [3.05, 3.63) is 33.9 Å². The number of hydrogen-bond acceptors (Lipinski definition) is 5. The number of aromatic carboxylic acids is 1. The van der Waals surface area contributed by atoms with Crippen LogP contribution >= 0.6 is 0 Å². The van der Waals surface area contributed by atoms with Gasteiger partial charge in [0.2, 0.25) is 0 Å². The Kier molecular flexibility index (Phi) is 3.15. The normalized spacial score (nSPS) is 18.9. The average molecular weight is 252 g/mol. The predicted octanol–water partition coefficient (Wildman–Crippen LogP) is 0.864. The SMILES string of the molecule is O=C(O)c1ccc(N2CC[C@H](O)C2)c([N+](=O)[O-])c1. The van der Waals surface area contributed by atoms with E-state index in [9.17, 15) is 20.0 Å². The van der Waals surface area contributed by atoms with Crippen LogP contribution in [-0.4, -0.2) is 40.3 Å². The number of β-amino-alcohol motifs (C(OH)–C–C–N with tert-alkyl or cyclic N) is 1. The number of hydrogen-bond donors (Lipinski definition) is 2. The Morgan fingerprint density at radius 2 is 2.22 bits per heavy atom. The minimum atomic E-state index is -1.20. The Bertz CT molecular complexity index is 502. The maximum Gasteiger partial charge on any atom is 0.335 e. The average Bonchev–Trinajstić information content (AvgIpc) is 2.74. The van der Waals surface area contributed by atoms with Gasteiger partial charge in [0.1, 0.15) is 5.69 Å². The number of benzene rings is 1. The molecule has 1 fully saturated rings. The molecule has 0 aliphatic carbocycles. The van der Waals surface area contributed by atoms with E-state index < -0.39 is 17.0 Å². The zero-order valence-electron chi connectivity index (χ0n) is 9.44. The number of carboxylic acid groups (broad SMARTS) is 1. The Hall–Kier alpha value is -2.15. The molecule has 2 N–H and O–H groups in total. The Morgan fingerprint density at radius 3 is 2.72 bits per heavy atom. The maximum atomic E-state index is 11.0. The number of nitrogens with zero attached hydrogens (tertiary/aromatic N) is 2. The molecular formula is C11H12N2O5. The second-order valence-electron chi connectivity index (χ2n) is 4.15. The Balaban J connectivity index is 2.41. The fourth-order valence-corrected chi connectivity index (χ4v) is 2.03. The molecule has 0 spiro atoms. The smallest absolute Gasteiger partial charge is 0.335 e. The van der Waals surface area contributed by atoms with Crippen LogP contribution in [0.2, 0.25) is 0 Å². The van der Waals surface area contributed by atoms with E-state index >= 15 is 0 Å². The molecule has 0 saturated carbocycles. The first kappa shape index (κ1) is 12.3. The van der Waals surface area contributed by atoms with Gasteiger partial charge < -0.3 is 15.1 Å². The Labute approximate surface area is 102 Å². The van der Waals surface area contributed by atoms with Gasteiger partial charge in [0.05, 0.1) is 16.6 Å². The second-order valence-corrected chi connectivity index (χ2v) is 4.15. The topological polar surface area (TPSA) is 104 Å². The van der Waals surface area contributed by atoms with Gasteiger partial charge in [-0.15, -0.1) is 0 Å². The lowest BCUT2D eigenvalue weighted by atomic mass is 10.1. The van der Waals surface area contributed by atoms with E-state index in [4.69, 9.17) is 5.11 Å². The van der Waals surface area contributed by atoms with Crippen LogP contribution in [0.15, 0.2) is 18.2 Å². The molecule has 1 aromatic rings. The molecule has 0 aromatic heterocycles. The van der Waals surface area contributed by atoms with Crippen molar-refractivity contribution in [1.29, 1.82) is 0 Å². The lowest BCUT2D eigenvalue weighted by Gasteiger charge is -2.17. The van der Waals surface area contributed by atoms with Crippen molar-refractivity contribution in [3.8, 4) is 0 Å². The van der Waals surface area contributed by atoms with Gasteiger partial charge >= 0.3 is 5.97 Å². The van der Waals surface area contributed by atoms with Gasteiger partial charge in [-0.2, -0.15) is 0 Å². The summed E-state index contributed by atoms with van der Waals surface area (Å²) in [5.74, 6) is -1.20. The zero-order chi connectivity index (χ0) is 13.3. The molecular weight excluding hydrogens is 240 g/mol. The molecule has 0 radical (unpaired) electrons. The molecule has 1 saturated heterocycles. The largest absolute Gasteiger partial charge is 0.478 e. The van der Waals surface area contributed by atoms with E-state index in [1.807, 2.05) is 0 Å². The summed E-state index contributed by atoms with van der Waals surface area (Å²) in [4.78, 5) is 22.8. The molecule has 1 aliphatic heterocycles. The summed E-state index contributed by atoms with van der Waals surface area (Å²) in [5.41, 5.74) is -0.0178. The van der Waals surface area contributed by atoms with Crippen molar-refractivity contribution in [2.24, 2.45) is 0 Å². The van der Waals surface area contributed by atoms with Gasteiger partial charge in [-0.05, 0) is 18.6 Å². The van der Waals surface area contributed by atoms with Crippen LogP contribution in [0.1, 0.15) is 16.8 Å². The summed E-state index contributed by atoms with van der Waals surface area (Å²) in [5, 5.41) is 29.2. The number of carboxylic acids is 1. The third-order valence-electron chi connectivity index (χ3n) is 2.92. The van der Waals surface area contributed by atoms with E-state index in [0.29, 0.717) is 25.2 Å². The van der Waals surface area contributed by atoms with Crippen LogP contribution in [-0.2, 0) is 0 Å². The summed E-state index contributed by atoms with van der Waals surface area (Å²) in [6.07, 6.45) is 0.0569. The summed E-state index contributed by atoms with van der Waals surface area (Å²) < 4.78 is 0. The monoisotopic (exact) mass is 252 g/mol. The van der Waals surface area contributed by atoms with Gasteiger partial charge in [-0.3, -0.25) is 10.1 Å². The van der Waals surface area contributed by atoms with E-state index in [2.05, 4.69) is 0 Å².